The monoisotopic (exact) mass is 326 g/mol. The fraction of sp³-hybridized carbons (Fsp3) is 0.0769. The molecular formula is C13H11ClN2O4S. The molecule has 0 amide bonds. The van der Waals surface area contributed by atoms with Gasteiger partial charge >= 0.3 is 0 Å². The molecule has 0 aromatic heterocycles. The van der Waals surface area contributed by atoms with Crippen LogP contribution in [0.4, 0.5) is 11.4 Å². The van der Waals surface area contributed by atoms with Crippen molar-refractivity contribution in [2.75, 3.05) is 4.72 Å². The highest BCUT2D eigenvalue weighted by Crippen LogP contribution is 2.33. The van der Waals surface area contributed by atoms with Crippen LogP contribution in [-0.4, -0.2) is 13.3 Å². The van der Waals surface area contributed by atoms with Gasteiger partial charge in [0.25, 0.3) is 15.7 Å². The first kappa shape index (κ1) is 15.3. The summed E-state index contributed by atoms with van der Waals surface area (Å²) in [6.07, 6.45) is 0. The molecule has 0 bridgehead atoms. The molecule has 21 heavy (non-hydrogen) atoms. The fourth-order valence-corrected chi connectivity index (χ4v) is 3.04. The van der Waals surface area contributed by atoms with E-state index in [0.29, 0.717) is 0 Å². The number of hydrogen-bond acceptors (Lipinski definition) is 4. The van der Waals surface area contributed by atoms with Crippen molar-refractivity contribution < 1.29 is 13.3 Å². The summed E-state index contributed by atoms with van der Waals surface area (Å²) in [6, 6.07) is 10.0. The Morgan fingerprint density at radius 3 is 2.33 bits per heavy atom. The predicted octanol–water partition coefficient (Wildman–Crippen LogP) is 3.36. The molecule has 0 atom stereocenters. The van der Waals surface area contributed by atoms with Gasteiger partial charge in [-0.05, 0) is 25.1 Å². The quantitative estimate of drug-likeness (QED) is 0.689. The number of nitrogens with zero attached hydrogens (tertiary/aromatic N) is 1. The number of anilines is 1. The van der Waals surface area contributed by atoms with Crippen molar-refractivity contribution in [3.8, 4) is 0 Å². The van der Waals surface area contributed by atoms with Crippen LogP contribution < -0.4 is 4.72 Å². The Balaban J connectivity index is 2.46. The number of benzene rings is 2. The van der Waals surface area contributed by atoms with Crippen molar-refractivity contribution >= 4 is 33.0 Å². The van der Waals surface area contributed by atoms with E-state index in [1.54, 1.807) is 12.1 Å². The van der Waals surface area contributed by atoms with Crippen molar-refractivity contribution in [3.05, 3.63) is 63.2 Å². The maximum Gasteiger partial charge on any atom is 0.294 e. The van der Waals surface area contributed by atoms with Crippen LogP contribution in [0.1, 0.15) is 5.56 Å². The largest absolute Gasteiger partial charge is 0.294 e. The maximum atomic E-state index is 12.2. The summed E-state index contributed by atoms with van der Waals surface area (Å²) in [5.74, 6) is 0. The van der Waals surface area contributed by atoms with Gasteiger partial charge in [0.15, 0.2) is 0 Å². The minimum absolute atomic E-state index is 0.00215. The molecule has 0 aliphatic rings. The highest BCUT2D eigenvalue weighted by atomic mass is 35.5. The third kappa shape index (κ3) is 3.32. The minimum Gasteiger partial charge on any atom is -0.272 e. The fourth-order valence-electron chi connectivity index (χ4n) is 1.68. The van der Waals surface area contributed by atoms with E-state index < -0.39 is 20.6 Å². The van der Waals surface area contributed by atoms with Crippen molar-refractivity contribution in [2.24, 2.45) is 0 Å². The van der Waals surface area contributed by atoms with E-state index in [9.17, 15) is 18.5 Å². The molecule has 0 heterocycles. The maximum absolute atomic E-state index is 12.2. The SMILES string of the molecule is Cc1ccc(S(=O)(=O)Nc2c(Cl)cccc2[N+](=O)[O-])cc1. The molecule has 0 aliphatic heterocycles. The molecule has 0 aliphatic carbocycles. The Labute approximate surface area is 126 Å². The van der Waals surface area contributed by atoms with Gasteiger partial charge in [-0.3, -0.25) is 14.8 Å². The second kappa shape index (κ2) is 5.71. The minimum atomic E-state index is -3.95. The first-order chi connectivity index (χ1) is 9.81. The zero-order chi connectivity index (χ0) is 15.6. The van der Waals surface area contributed by atoms with Crippen LogP contribution in [0.5, 0.6) is 0 Å². The van der Waals surface area contributed by atoms with Gasteiger partial charge in [-0.2, -0.15) is 0 Å². The van der Waals surface area contributed by atoms with E-state index >= 15 is 0 Å². The first-order valence-corrected chi connectivity index (χ1v) is 7.70. The van der Waals surface area contributed by atoms with Gasteiger partial charge in [0.05, 0.1) is 14.8 Å². The molecular weight excluding hydrogens is 316 g/mol. The normalized spacial score (nSPS) is 11.1. The van der Waals surface area contributed by atoms with Gasteiger partial charge in [0.1, 0.15) is 5.69 Å². The molecule has 6 nitrogen and oxygen atoms in total. The number of nitrogens with one attached hydrogen (secondary N) is 1. The highest BCUT2D eigenvalue weighted by molar-refractivity contribution is 7.92. The standard InChI is InChI=1S/C13H11ClN2O4S/c1-9-5-7-10(8-6-9)21(19,20)15-13-11(14)3-2-4-12(13)16(17)18/h2-8,15H,1H3. The van der Waals surface area contributed by atoms with Crippen LogP contribution in [-0.2, 0) is 10.0 Å². The van der Waals surface area contributed by atoms with Gasteiger partial charge in [-0.1, -0.05) is 35.4 Å². The predicted molar refractivity (Wildman–Crippen MR) is 80.1 cm³/mol. The van der Waals surface area contributed by atoms with Crippen LogP contribution >= 0.6 is 11.6 Å². The van der Waals surface area contributed by atoms with E-state index in [2.05, 4.69) is 4.72 Å². The number of halogens is 1. The Morgan fingerprint density at radius 2 is 1.76 bits per heavy atom. The van der Waals surface area contributed by atoms with Crippen LogP contribution in [0.2, 0.25) is 5.02 Å². The number of hydrogen-bond donors (Lipinski definition) is 1. The molecule has 0 saturated heterocycles. The lowest BCUT2D eigenvalue weighted by molar-refractivity contribution is -0.383. The van der Waals surface area contributed by atoms with Gasteiger partial charge in [0, 0.05) is 6.07 Å². The molecule has 0 saturated carbocycles. The molecule has 0 fully saturated rings. The number of nitro groups is 1. The van der Waals surface area contributed by atoms with Crippen LogP contribution in [0.25, 0.3) is 0 Å². The van der Waals surface area contributed by atoms with Crippen LogP contribution in [0.3, 0.4) is 0 Å². The van der Waals surface area contributed by atoms with E-state index in [-0.39, 0.29) is 15.6 Å². The summed E-state index contributed by atoms with van der Waals surface area (Å²) in [4.78, 5) is 10.3. The van der Waals surface area contributed by atoms with Crippen molar-refractivity contribution in [3.63, 3.8) is 0 Å². The number of nitro benzene ring substituents is 1. The highest BCUT2D eigenvalue weighted by Gasteiger charge is 2.23. The molecule has 110 valence electrons. The summed E-state index contributed by atoms with van der Waals surface area (Å²) in [7, 11) is -3.95. The number of sulfonamides is 1. The number of para-hydroxylation sites is 1. The zero-order valence-corrected chi connectivity index (χ0v) is 12.5. The molecule has 2 rings (SSSR count). The average molecular weight is 327 g/mol. The van der Waals surface area contributed by atoms with Gasteiger partial charge < -0.3 is 0 Å². The van der Waals surface area contributed by atoms with E-state index in [1.165, 1.54) is 30.3 Å². The molecule has 2 aromatic rings. The number of aryl methyl sites for hydroxylation is 1. The summed E-state index contributed by atoms with van der Waals surface area (Å²) in [5.41, 5.74) is 0.251. The third-order valence-corrected chi connectivity index (χ3v) is 4.44. The van der Waals surface area contributed by atoms with Crippen LogP contribution in [0, 0.1) is 17.0 Å². The Hall–Kier alpha value is -2.12. The second-order valence-electron chi connectivity index (χ2n) is 4.31. The van der Waals surface area contributed by atoms with Crippen molar-refractivity contribution in [1.29, 1.82) is 0 Å². The zero-order valence-electron chi connectivity index (χ0n) is 10.9. The van der Waals surface area contributed by atoms with Crippen LogP contribution in [0.15, 0.2) is 47.4 Å². The van der Waals surface area contributed by atoms with Gasteiger partial charge in [0.2, 0.25) is 0 Å². The van der Waals surface area contributed by atoms with Crippen molar-refractivity contribution in [2.45, 2.75) is 11.8 Å². The van der Waals surface area contributed by atoms with E-state index in [1.807, 2.05) is 6.92 Å². The smallest absolute Gasteiger partial charge is 0.272 e. The topological polar surface area (TPSA) is 89.3 Å². The Morgan fingerprint density at radius 1 is 1.14 bits per heavy atom. The molecule has 1 N–H and O–H groups in total. The summed E-state index contributed by atoms with van der Waals surface area (Å²) >= 11 is 5.86. The second-order valence-corrected chi connectivity index (χ2v) is 6.40. The molecule has 0 radical (unpaired) electrons. The van der Waals surface area contributed by atoms with Gasteiger partial charge in [-0.25, -0.2) is 8.42 Å². The van der Waals surface area contributed by atoms with Gasteiger partial charge in [-0.15, -0.1) is 0 Å². The molecule has 0 spiro atoms. The Kier molecular flexibility index (Phi) is 4.15. The lowest BCUT2D eigenvalue weighted by atomic mass is 10.2. The lowest BCUT2D eigenvalue weighted by Gasteiger charge is -2.10. The summed E-state index contributed by atoms with van der Waals surface area (Å²) in [6.45, 7) is 1.82. The number of rotatable bonds is 4. The van der Waals surface area contributed by atoms with E-state index in [0.717, 1.165) is 5.56 Å². The first-order valence-electron chi connectivity index (χ1n) is 5.83. The van der Waals surface area contributed by atoms with E-state index in [4.69, 9.17) is 11.6 Å². The summed E-state index contributed by atoms with van der Waals surface area (Å²) < 4.78 is 26.7. The Bertz CT molecular complexity index is 788. The molecule has 2 aromatic carbocycles. The summed E-state index contributed by atoms with van der Waals surface area (Å²) in [5, 5.41) is 10.9. The lowest BCUT2D eigenvalue weighted by Crippen LogP contribution is -2.14. The third-order valence-electron chi connectivity index (χ3n) is 2.76. The van der Waals surface area contributed by atoms with Crippen molar-refractivity contribution in [1.82, 2.24) is 0 Å². The molecule has 8 heteroatoms. The average Bonchev–Trinajstić information content (AvgIpc) is 2.41. The molecule has 0 unspecified atom stereocenters.